The number of nitrogens with zero attached hydrogens (tertiary/aromatic N) is 4. The van der Waals surface area contributed by atoms with Crippen LogP contribution in [0.3, 0.4) is 0 Å². The lowest BCUT2D eigenvalue weighted by Gasteiger charge is -2.47. The molecular formula is C22H28N4O. The maximum absolute atomic E-state index is 13.0. The van der Waals surface area contributed by atoms with Crippen LogP contribution in [-0.4, -0.2) is 40.0 Å². The molecule has 2 aromatic rings. The van der Waals surface area contributed by atoms with Gasteiger partial charge in [-0.2, -0.15) is 0 Å². The highest BCUT2D eigenvalue weighted by Gasteiger charge is 2.53. The van der Waals surface area contributed by atoms with Crippen LogP contribution in [0.2, 0.25) is 0 Å². The van der Waals surface area contributed by atoms with Crippen molar-refractivity contribution in [2.75, 3.05) is 24.5 Å². The van der Waals surface area contributed by atoms with Gasteiger partial charge in [0.15, 0.2) is 5.82 Å². The Balaban J connectivity index is 1.59. The van der Waals surface area contributed by atoms with Crippen LogP contribution in [0.4, 0.5) is 5.69 Å². The summed E-state index contributed by atoms with van der Waals surface area (Å²) in [6.07, 6.45) is 6.02. The smallest absolute Gasteiger partial charge is 0.226 e. The zero-order chi connectivity index (χ0) is 18.8. The van der Waals surface area contributed by atoms with E-state index >= 15 is 0 Å². The molecule has 2 fully saturated rings. The zero-order valence-corrected chi connectivity index (χ0v) is 16.4. The molecule has 5 nitrogen and oxygen atoms in total. The van der Waals surface area contributed by atoms with Gasteiger partial charge in [0.05, 0.1) is 11.4 Å². The van der Waals surface area contributed by atoms with Crippen molar-refractivity contribution >= 4 is 11.6 Å². The number of hydrogen-bond donors (Lipinski definition) is 0. The average Bonchev–Trinajstić information content (AvgIpc) is 3.06. The normalized spacial score (nSPS) is 28.6. The van der Waals surface area contributed by atoms with Crippen molar-refractivity contribution in [1.29, 1.82) is 0 Å². The van der Waals surface area contributed by atoms with Gasteiger partial charge in [-0.25, -0.2) is 4.98 Å². The summed E-state index contributed by atoms with van der Waals surface area (Å²) < 4.78 is 2.24. The summed E-state index contributed by atoms with van der Waals surface area (Å²) in [6.45, 7) is 9.30. The molecule has 0 N–H and O–H groups in total. The van der Waals surface area contributed by atoms with Crippen molar-refractivity contribution in [2.45, 2.75) is 39.2 Å². The van der Waals surface area contributed by atoms with Gasteiger partial charge in [0.1, 0.15) is 5.54 Å². The Bertz CT molecular complexity index is 888. The van der Waals surface area contributed by atoms with Gasteiger partial charge in [-0.1, -0.05) is 20.8 Å². The van der Waals surface area contributed by atoms with Gasteiger partial charge in [0.2, 0.25) is 5.91 Å². The molecule has 0 unspecified atom stereocenters. The number of hydrogen-bond acceptors (Lipinski definition) is 3. The SMILES string of the molecule is CC(C)CN1c2cccnc2-n2cccc2[C@]12CCN(C(=O)[C@@H]1C[C@H]1C)C2. The molecule has 0 bridgehead atoms. The highest BCUT2D eigenvalue weighted by molar-refractivity contribution is 5.82. The minimum absolute atomic E-state index is 0.155. The lowest BCUT2D eigenvalue weighted by Crippen LogP contribution is -2.54. The molecule has 3 atom stereocenters. The Labute approximate surface area is 161 Å². The first kappa shape index (κ1) is 16.8. The van der Waals surface area contributed by atoms with E-state index in [4.69, 9.17) is 0 Å². The van der Waals surface area contributed by atoms with E-state index in [0.717, 1.165) is 38.3 Å². The molecule has 142 valence electrons. The maximum Gasteiger partial charge on any atom is 0.226 e. The summed E-state index contributed by atoms with van der Waals surface area (Å²) in [6, 6.07) is 8.54. The fourth-order valence-corrected chi connectivity index (χ4v) is 5.05. The summed E-state index contributed by atoms with van der Waals surface area (Å²) in [7, 11) is 0. The first-order valence-corrected chi connectivity index (χ1v) is 10.2. The third-order valence-corrected chi connectivity index (χ3v) is 6.56. The predicted molar refractivity (Wildman–Crippen MR) is 106 cm³/mol. The fourth-order valence-electron chi connectivity index (χ4n) is 5.05. The van der Waals surface area contributed by atoms with E-state index in [-0.39, 0.29) is 11.5 Å². The molecule has 27 heavy (non-hydrogen) atoms. The number of likely N-dealkylation sites (tertiary alicyclic amines) is 1. The Morgan fingerprint density at radius 3 is 2.89 bits per heavy atom. The fraction of sp³-hybridized carbons (Fsp3) is 0.545. The molecule has 3 aliphatic rings. The van der Waals surface area contributed by atoms with Gasteiger partial charge in [0.25, 0.3) is 0 Å². The first-order chi connectivity index (χ1) is 13.0. The molecule has 1 saturated heterocycles. The summed E-state index contributed by atoms with van der Waals surface area (Å²) >= 11 is 0. The van der Waals surface area contributed by atoms with Crippen LogP contribution >= 0.6 is 0 Å². The van der Waals surface area contributed by atoms with Crippen LogP contribution in [0.5, 0.6) is 0 Å². The van der Waals surface area contributed by atoms with Crippen LogP contribution in [0.25, 0.3) is 5.82 Å². The highest BCUT2D eigenvalue weighted by Crippen LogP contribution is 2.48. The Morgan fingerprint density at radius 1 is 1.33 bits per heavy atom. The zero-order valence-electron chi connectivity index (χ0n) is 16.4. The third kappa shape index (κ3) is 2.43. The van der Waals surface area contributed by atoms with Gasteiger partial charge < -0.3 is 14.4 Å². The standard InChI is InChI=1S/C22H28N4O/c1-15(2)13-26-18-6-4-9-23-20(18)25-10-5-7-19(25)22(26)8-11-24(14-22)21(27)17-12-16(17)3/h4-7,9-10,15-17H,8,11-14H2,1-3H3/t16-,17-,22-/m1/s1. The van der Waals surface area contributed by atoms with Crippen LogP contribution < -0.4 is 4.90 Å². The molecule has 0 aromatic carbocycles. The van der Waals surface area contributed by atoms with Crippen molar-refractivity contribution in [2.24, 2.45) is 17.8 Å². The number of rotatable bonds is 3. The molecule has 4 heterocycles. The van der Waals surface area contributed by atoms with Crippen LogP contribution in [-0.2, 0) is 10.3 Å². The number of fused-ring (bicyclic) bond motifs is 4. The lowest BCUT2D eigenvalue weighted by molar-refractivity contribution is -0.132. The van der Waals surface area contributed by atoms with Gasteiger partial charge >= 0.3 is 0 Å². The highest BCUT2D eigenvalue weighted by atomic mass is 16.2. The minimum Gasteiger partial charge on any atom is -0.355 e. The number of amides is 1. The predicted octanol–water partition coefficient (Wildman–Crippen LogP) is 3.43. The molecule has 1 amide bonds. The second kappa shape index (κ2) is 5.85. The van der Waals surface area contributed by atoms with Crippen molar-refractivity contribution in [3.63, 3.8) is 0 Å². The average molecular weight is 364 g/mol. The number of carbonyl (C=O) groups is 1. The molecule has 1 saturated carbocycles. The van der Waals surface area contributed by atoms with E-state index in [1.165, 1.54) is 11.4 Å². The number of carbonyl (C=O) groups excluding carboxylic acids is 1. The lowest BCUT2D eigenvalue weighted by atomic mass is 9.88. The van der Waals surface area contributed by atoms with E-state index in [9.17, 15) is 4.79 Å². The minimum atomic E-state index is -0.155. The van der Waals surface area contributed by atoms with Gasteiger partial charge in [-0.05, 0) is 48.9 Å². The summed E-state index contributed by atoms with van der Waals surface area (Å²) in [5.74, 6) is 2.71. The molecule has 2 aliphatic heterocycles. The molecule has 1 spiro atoms. The largest absolute Gasteiger partial charge is 0.355 e. The molecular weight excluding hydrogens is 336 g/mol. The Morgan fingerprint density at radius 2 is 2.15 bits per heavy atom. The Hall–Kier alpha value is -2.30. The number of pyridine rings is 1. The van der Waals surface area contributed by atoms with E-state index in [0.29, 0.717) is 17.7 Å². The number of aromatic nitrogens is 2. The maximum atomic E-state index is 13.0. The van der Waals surface area contributed by atoms with E-state index in [1.807, 2.05) is 12.3 Å². The van der Waals surface area contributed by atoms with Crippen LogP contribution in [0.15, 0.2) is 36.7 Å². The van der Waals surface area contributed by atoms with Crippen molar-refractivity contribution < 1.29 is 4.79 Å². The molecule has 5 heteroatoms. The van der Waals surface area contributed by atoms with Gasteiger partial charge in [0, 0.05) is 37.9 Å². The van der Waals surface area contributed by atoms with Crippen LogP contribution in [0.1, 0.15) is 39.3 Å². The van der Waals surface area contributed by atoms with Gasteiger partial charge in [-0.3, -0.25) is 4.79 Å². The molecule has 1 aliphatic carbocycles. The van der Waals surface area contributed by atoms with E-state index in [2.05, 4.69) is 64.5 Å². The molecule has 0 radical (unpaired) electrons. The summed E-state index contributed by atoms with van der Waals surface area (Å²) in [4.78, 5) is 22.3. The first-order valence-electron chi connectivity index (χ1n) is 10.2. The molecule has 2 aromatic heterocycles. The summed E-state index contributed by atoms with van der Waals surface area (Å²) in [5.41, 5.74) is 2.30. The summed E-state index contributed by atoms with van der Waals surface area (Å²) in [5, 5.41) is 0. The quantitative estimate of drug-likeness (QED) is 0.838. The third-order valence-electron chi connectivity index (χ3n) is 6.56. The van der Waals surface area contributed by atoms with Crippen LogP contribution in [0, 0.1) is 17.8 Å². The topological polar surface area (TPSA) is 41.4 Å². The Kier molecular flexibility index (Phi) is 3.65. The number of anilines is 1. The second-order valence-electron chi connectivity index (χ2n) is 8.97. The van der Waals surface area contributed by atoms with Crippen molar-refractivity contribution in [3.8, 4) is 5.82 Å². The van der Waals surface area contributed by atoms with Crippen molar-refractivity contribution in [1.82, 2.24) is 14.5 Å². The molecule has 5 rings (SSSR count). The monoisotopic (exact) mass is 364 g/mol. The second-order valence-corrected chi connectivity index (χ2v) is 8.97. The van der Waals surface area contributed by atoms with Gasteiger partial charge in [-0.15, -0.1) is 0 Å². The van der Waals surface area contributed by atoms with E-state index < -0.39 is 0 Å². The van der Waals surface area contributed by atoms with Crippen molar-refractivity contribution in [3.05, 3.63) is 42.4 Å². The van der Waals surface area contributed by atoms with E-state index in [1.54, 1.807) is 0 Å².